The largest absolute Gasteiger partial charge is 0.373 e. The second-order valence-corrected chi connectivity index (χ2v) is 4.74. The first kappa shape index (κ1) is 12.2. The van der Waals surface area contributed by atoms with E-state index in [1.807, 2.05) is 0 Å². The lowest BCUT2D eigenvalue weighted by Crippen LogP contribution is -2.23. The monoisotopic (exact) mass is 262 g/mol. The van der Waals surface area contributed by atoms with Gasteiger partial charge >= 0.3 is 0 Å². The molecule has 0 saturated carbocycles. The second kappa shape index (κ2) is 5.35. The number of rotatable bonds is 2. The van der Waals surface area contributed by atoms with E-state index in [1.165, 1.54) is 6.07 Å². The number of hydrogen-bond acceptors (Lipinski definition) is 1. The Labute approximate surface area is 105 Å². The van der Waals surface area contributed by atoms with Crippen LogP contribution in [0.5, 0.6) is 0 Å². The van der Waals surface area contributed by atoms with E-state index in [0.29, 0.717) is 12.5 Å². The number of hydrogen-bond donors (Lipinski definition) is 0. The maximum atomic E-state index is 13.3. The van der Waals surface area contributed by atoms with Crippen LogP contribution in [0.4, 0.5) is 4.39 Å². The van der Waals surface area contributed by atoms with Gasteiger partial charge in [0.1, 0.15) is 5.82 Å². The Morgan fingerprint density at radius 2 is 2.25 bits per heavy atom. The number of alkyl halides is 1. The summed E-state index contributed by atoms with van der Waals surface area (Å²) in [6.07, 6.45) is 1.94. The van der Waals surface area contributed by atoms with Crippen LogP contribution in [-0.2, 0) is 4.74 Å². The first-order chi connectivity index (χ1) is 7.72. The van der Waals surface area contributed by atoms with Gasteiger partial charge in [-0.2, -0.15) is 0 Å². The molecule has 0 radical (unpaired) electrons. The van der Waals surface area contributed by atoms with Crippen LogP contribution in [0.15, 0.2) is 18.2 Å². The van der Waals surface area contributed by atoms with Crippen LogP contribution in [-0.4, -0.2) is 12.5 Å². The van der Waals surface area contributed by atoms with Crippen molar-refractivity contribution in [1.29, 1.82) is 0 Å². The molecule has 1 fully saturated rings. The average Bonchev–Trinajstić information content (AvgIpc) is 2.32. The van der Waals surface area contributed by atoms with Crippen molar-refractivity contribution >= 4 is 23.2 Å². The van der Waals surface area contributed by atoms with Crippen LogP contribution in [0.3, 0.4) is 0 Å². The van der Waals surface area contributed by atoms with Crippen molar-refractivity contribution in [2.24, 2.45) is 5.92 Å². The minimum absolute atomic E-state index is 0.0991. The molecule has 0 bridgehead atoms. The zero-order valence-electron chi connectivity index (χ0n) is 8.76. The molecule has 4 heteroatoms. The zero-order valence-corrected chi connectivity index (χ0v) is 10.3. The van der Waals surface area contributed by atoms with E-state index < -0.39 is 5.82 Å². The van der Waals surface area contributed by atoms with Gasteiger partial charge in [-0.1, -0.05) is 17.7 Å². The summed E-state index contributed by atoms with van der Waals surface area (Å²) in [5.74, 6) is 0.396. The molecule has 2 unspecified atom stereocenters. The molecule has 1 heterocycles. The summed E-state index contributed by atoms with van der Waals surface area (Å²) < 4.78 is 19.0. The standard InChI is InChI=1S/C12H13Cl2FO/c13-7-9-2-1-5-16-12(9)8-3-4-10(14)11(15)6-8/h3-4,6,9,12H,1-2,5,7H2. The number of benzene rings is 1. The third kappa shape index (κ3) is 2.50. The molecular formula is C12H13Cl2FO. The van der Waals surface area contributed by atoms with Gasteiger partial charge < -0.3 is 4.74 Å². The Kier molecular flexibility index (Phi) is 4.06. The Balaban J connectivity index is 2.23. The average molecular weight is 263 g/mol. The van der Waals surface area contributed by atoms with E-state index in [1.54, 1.807) is 12.1 Å². The van der Waals surface area contributed by atoms with Crippen molar-refractivity contribution in [3.8, 4) is 0 Å². The smallest absolute Gasteiger partial charge is 0.142 e. The predicted molar refractivity (Wildman–Crippen MR) is 63.5 cm³/mol. The summed E-state index contributed by atoms with van der Waals surface area (Å²) >= 11 is 11.5. The van der Waals surface area contributed by atoms with Crippen LogP contribution < -0.4 is 0 Å². The Bertz CT molecular complexity index is 370. The molecule has 1 aromatic rings. The molecule has 2 rings (SSSR count). The Morgan fingerprint density at radius 1 is 1.44 bits per heavy atom. The van der Waals surface area contributed by atoms with Gasteiger partial charge in [0, 0.05) is 18.4 Å². The number of ether oxygens (including phenoxy) is 1. The highest BCUT2D eigenvalue weighted by Crippen LogP contribution is 2.35. The van der Waals surface area contributed by atoms with Gasteiger partial charge in [0.05, 0.1) is 11.1 Å². The molecule has 1 aliphatic rings. The molecule has 1 aromatic carbocycles. The number of halogens is 3. The van der Waals surface area contributed by atoms with E-state index in [-0.39, 0.29) is 17.0 Å². The van der Waals surface area contributed by atoms with Gasteiger partial charge in [0.2, 0.25) is 0 Å². The first-order valence-corrected chi connectivity index (χ1v) is 6.26. The fourth-order valence-electron chi connectivity index (χ4n) is 2.06. The summed E-state index contributed by atoms with van der Waals surface area (Å²) in [4.78, 5) is 0. The van der Waals surface area contributed by atoms with Gasteiger partial charge in [-0.25, -0.2) is 4.39 Å². The molecule has 0 aromatic heterocycles. The quantitative estimate of drug-likeness (QED) is 0.727. The van der Waals surface area contributed by atoms with E-state index >= 15 is 0 Å². The van der Waals surface area contributed by atoms with Crippen LogP contribution in [0.25, 0.3) is 0 Å². The fourth-order valence-corrected chi connectivity index (χ4v) is 2.49. The Morgan fingerprint density at radius 3 is 2.94 bits per heavy atom. The third-order valence-electron chi connectivity index (χ3n) is 2.92. The summed E-state index contributed by atoms with van der Waals surface area (Å²) in [5.41, 5.74) is 0.826. The maximum Gasteiger partial charge on any atom is 0.142 e. The molecule has 88 valence electrons. The van der Waals surface area contributed by atoms with Crippen molar-refractivity contribution < 1.29 is 9.13 Å². The summed E-state index contributed by atoms with van der Waals surface area (Å²) in [5, 5.41) is 0.141. The normalized spacial score (nSPS) is 25.7. The van der Waals surface area contributed by atoms with E-state index in [2.05, 4.69) is 0 Å². The molecular weight excluding hydrogens is 250 g/mol. The first-order valence-electron chi connectivity index (χ1n) is 5.35. The van der Waals surface area contributed by atoms with Crippen LogP contribution in [0.2, 0.25) is 5.02 Å². The van der Waals surface area contributed by atoms with Crippen LogP contribution in [0, 0.1) is 11.7 Å². The lowest BCUT2D eigenvalue weighted by atomic mass is 9.91. The van der Waals surface area contributed by atoms with Gasteiger partial charge in [0.15, 0.2) is 0 Å². The van der Waals surface area contributed by atoms with Gasteiger partial charge in [-0.3, -0.25) is 0 Å². The van der Waals surface area contributed by atoms with Crippen molar-refractivity contribution in [2.45, 2.75) is 18.9 Å². The molecule has 1 nitrogen and oxygen atoms in total. The highest BCUT2D eigenvalue weighted by atomic mass is 35.5. The summed E-state index contributed by atoms with van der Waals surface area (Å²) in [6.45, 7) is 0.711. The molecule has 0 N–H and O–H groups in total. The zero-order chi connectivity index (χ0) is 11.5. The predicted octanol–water partition coefficient (Wildman–Crippen LogP) is 4.19. The van der Waals surface area contributed by atoms with E-state index in [4.69, 9.17) is 27.9 Å². The SMILES string of the molecule is Fc1cc(C2OCCCC2CCl)ccc1Cl. The minimum atomic E-state index is -0.401. The van der Waals surface area contributed by atoms with Gasteiger partial charge in [0.25, 0.3) is 0 Å². The maximum absolute atomic E-state index is 13.3. The van der Waals surface area contributed by atoms with Crippen molar-refractivity contribution in [3.63, 3.8) is 0 Å². The fraction of sp³-hybridized carbons (Fsp3) is 0.500. The topological polar surface area (TPSA) is 9.23 Å². The van der Waals surface area contributed by atoms with Crippen molar-refractivity contribution in [3.05, 3.63) is 34.6 Å². The Hall–Kier alpha value is -0.310. The summed E-state index contributed by atoms with van der Waals surface area (Å²) in [7, 11) is 0. The minimum Gasteiger partial charge on any atom is -0.373 e. The van der Waals surface area contributed by atoms with Gasteiger partial charge in [-0.15, -0.1) is 11.6 Å². The van der Waals surface area contributed by atoms with Crippen molar-refractivity contribution in [2.75, 3.05) is 12.5 Å². The molecule has 1 saturated heterocycles. The highest BCUT2D eigenvalue weighted by molar-refractivity contribution is 6.30. The van der Waals surface area contributed by atoms with Gasteiger partial charge in [-0.05, 0) is 30.5 Å². The van der Waals surface area contributed by atoms with Crippen LogP contribution >= 0.6 is 23.2 Å². The molecule has 1 aliphatic heterocycles. The molecule has 0 spiro atoms. The molecule has 0 aliphatic carbocycles. The van der Waals surface area contributed by atoms with E-state index in [9.17, 15) is 4.39 Å². The van der Waals surface area contributed by atoms with Crippen molar-refractivity contribution in [1.82, 2.24) is 0 Å². The van der Waals surface area contributed by atoms with E-state index in [0.717, 1.165) is 18.4 Å². The molecule has 2 atom stereocenters. The van der Waals surface area contributed by atoms with Crippen LogP contribution in [0.1, 0.15) is 24.5 Å². The molecule has 16 heavy (non-hydrogen) atoms. The lowest BCUT2D eigenvalue weighted by molar-refractivity contribution is -0.0209. The third-order valence-corrected chi connectivity index (χ3v) is 3.62. The summed E-state index contributed by atoms with van der Waals surface area (Å²) in [6, 6.07) is 4.81. The lowest BCUT2D eigenvalue weighted by Gasteiger charge is -2.30. The second-order valence-electron chi connectivity index (χ2n) is 4.02. The molecule has 0 amide bonds. The highest BCUT2D eigenvalue weighted by Gasteiger charge is 2.27.